The molecule has 4 aromatic heterocycles. The van der Waals surface area contributed by atoms with Gasteiger partial charge in [0.1, 0.15) is 11.4 Å². The Hall–Kier alpha value is -4.60. The van der Waals surface area contributed by atoms with Crippen LogP contribution in [0.4, 0.5) is 8.78 Å². The number of alkyl halides is 2. The molecule has 1 saturated carbocycles. The van der Waals surface area contributed by atoms with Crippen LogP contribution < -0.4 is 11.0 Å². The number of nitrogens with one attached hydrogen (secondary N) is 1. The zero-order chi connectivity index (χ0) is 29.4. The normalized spacial score (nSPS) is 17.2. The van der Waals surface area contributed by atoms with Gasteiger partial charge in [-0.2, -0.15) is 5.10 Å². The molecule has 1 fully saturated rings. The molecule has 0 saturated heterocycles. The maximum atomic E-state index is 13.9. The first kappa shape index (κ1) is 27.6. The zero-order valence-electron chi connectivity index (χ0n) is 23.7. The van der Waals surface area contributed by atoms with Gasteiger partial charge in [-0.25, -0.2) is 13.6 Å². The van der Waals surface area contributed by atoms with Crippen molar-refractivity contribution in [3.05, 3.63) is 101 Å². The van der Waals surface area contributed by atoms with Crippen LogP contribution in [-0.2, 0) is 13.6 Å². The summed E-state index contributed by atoms with van der Waals surface area (Å²) in [5.41, 5.74) is 5.24. The number of aryl methyl sites for hydroxylation is 2. The summed E-state index contributed by atoms with van der Waals surface area (Å²) >= 11 is 0. The third-order valence-corrected chi connectivity index (χ3v) is 8.07. The van der Waals surface area contributed by atoms with Crippen molar-refractivity contribution in [1.82, 2.24) is 34.2 Å². The number of rotatable bonds is 8. The number of hydrogen-bond donors (Lipinski definition) is 1. The minimum absolute atomic E-state index is 0.0885. The van der Waals surface area contributed by atoms with Crippen molar-refractivity contribution in [2.24, 2.45) is 13.0 Å². The largest absolute Gasteiger partial charge is 0.382 e. The standard InChI is InChI=1S/C32H33F2N7O/c1-20-16-25(30(31(33)34)36-18-20)21(2)37-23-10-8-22(9-11-23)19-40-28-6-4-5-7-29(28)41(32(40)42)24-12-14-35-27(17-24)26-13-15-39(3)38-26/h4-7,12-18,22-23,31,37H,2,8-11,19H2,1,3H3. The van der Waals surface area contributed by atoms with Gasteiger partial charge < -0.3 is 5.32 Å². The van der Waals surface area contributed by atoms with Crippen LogP contribution in [0.2, 0.25) is 0 Å². The Kier molecular flexibility index (Phi) is 7.45. The van der Waals surface area contributed by atoms with Crippen molar-refractivity contribution in [3.63, 3.8) is 0 Å². The van der Waals surface area contributed by atoms with E-state index >= 15 is 0 Å². The molecule has 1 aromatic carbocycles. The van der Waals surface area contributed by atoms with Gasteiger partial charge in [0.2, 0.25) is 0 Å². The molecule has 10 heteroatoms. The number of benzene rings is 1. The number of aromatic nitrogens is 6. The number of imidazole rings is 1. The van der Waals surface area contributed by atoms with Crippen LogP contribution in [-0.4, -0.2) is 34.9 Å². The first-order valence-corrected chi connectivity index (χ1v) is 14.2. The van der Waals surface area contributed by atoms with Crippen LogP contribution in [0.3, 0.4) is 0 Å². The highest BCUT2D eigenvalue weighted by molar-refractivity contribution is 5.78. The Morgan fingerprint density at radius 2 is 1.81 bits per heavy atom. The predicted molar refractivity (Wildman–Crippen MR) is 159 cm³/mol. The molecule has 8 nitrogen and oxygen atoms in total. The Balaban J connectivity index is 1.19. The monoisotopic (exact) mass is 569 g/mol. The third-order valence-electron chi connectivity index (χ3n) is 8.07. The van der Waals surface area contributed by atoms with Crippen LogP contribution in [0.5, 0.6) is 0 Å². The smallest absolute Gasteiger partial charge is 0.333 e. The minimum atomic E-state index is -2.66. The molecule has 4 heterocycles. The van der Waals surface area contributed by atoms with Crippen molar-refractivity contribution in [1.29, 1.82) is 0 Å². The second kappa shape index (κ2) is 11.3. The quantitative estimate of drug-likeness (QED) is 0.246. The van der Waals surface area contributed by atoms with Crippen LogP contribution >= 0.6 is 0 Å². The molecule has 0 bridgehead atoms. The molecule has 0 amide bonds. The fraction of sp³-hybridized carbons (Fsp3) is 0.312. The topological polar surface area (TPSA) is 82.6 Å². The number of nitrogens with zero attached hydrogens (tertiary/aromatic N) is 6. The van der Waals surface area contributed by atoms with Gasteiger partial charge >= 0.3 is 5.69 Å². The zero-order valence-corrected chi connectivity index (χ0v) is 23.7. The molecular formula is C32H33F2N7O. The summed E-state index contributed by atoms with van der Waals surface area (Å²) in [5, 5.41) is 7.83. The first-order chi connectivity index (χ1) is 20.3. The van der Waals surface area contributed by atoms with E-state index in [0.717, 1.165) is 53.7 Å². The van der Waals surface area contributed by atoms with E-state index in [1.165, 1.54) is 6.20 Å². The van der Waals surface area contributed by atoms with E-state index in [0.29, 0.717) is 29.4 Å². The van der Waals surface area contributed by atoms with E-state index in [1.807, 2.05) is 67.2 Å². The van der Waals surface area contributed by atoms with Crippen LogP contribution in [0.15, 0.2) is 78.5 Å². The summed E-state index contributed by atoms with van der Waals surface area (Å²) in [5.74, 6) is 0.312. The number of hydrogen-bond acceptors (Lipinski definition) is 5. The lowest BCUT2D eigenvalue weighted by Crippen LogP contribution is -2.34. The van der Waals surface area contributed by atoms with Crippen LogP contribution in [0, 0.1) is 12.8 Å². The molecule has 6 rings (SSSR count). The molecule has 0 unspecified atom stereocenters. The Bertz CT molecular complexity index is 1810. The van der Waals surface area contributed by atoms with Gasteiger partial charge in [-0.3, -0.25) is 23.8 Å². The van der Waals surface area contributed by atoms with Gasteiger partial charge in [-0.1, -0.05) is 18.7 Å². The molecule has 42 heavy (non-hydrogen) atoms. The Morgan fingerprint density at radius 3 is 2.52 bits per heavy atom. The second-order valence-electron chi connectivity index (χ2n) is 11.1. The molecule has 0 aliphatic heterocycles. The molecule has 5 aromatic rings. The second-order valence-corrected chi connectivity index (χ2v) is 11.1. The SMILES string of the molecule is C=C(NC1CCC(Cn2c(=O)n(-c3ccnc(-c4ccn(C)n4)c3)c3ccccc32)CC1)c1cc(C)cnc1C(F)F. The molecular weight excluding hydrogens is 536 g/mol. The van der Waals surface area contributed by atoms with Crippen molar-refractivity contribution in [2.75, 3.05) is 0 Å². The molecule has 216 valence electrons. The van der Waals surface area contributed by atoms with E-state index in [4.69, 9.17) is 0 Å². The maximum absolute atomic E-state index is 13.9. The molecule has 0 atom stereocenters. The summed E-state index contributed by atoms with van der Waals surface area (Å²) in [7, 11) is 1.86. The van der Waals surface area contributed by atoms with Gasteiger partial charge in [-0.05, 0) is 80.5 Å². The minimum Gasteiger partial charge on any atom is -0.382 e. The van der Waals surface area contributed by atoms with Crippen molar-refractivity contribution in [2.45, 2.75) is 51.6 Å². The first-order valence-electron chi connectivity index (χ1n) is 14.2. The van der Waals surface area contributed by atoms with Crippen molar-refractivity contribution < 1.29 is 8.78 Å². The summed E-state index contributed by atoms with van der Waals surface area (Å²) < 4.78 is 32.4. The summed E-state index contributed by atoms with van der Waals surface area (Å²) in [6.07, 6.45) is 5.89. The number of pyridine rings is 2. The van der Waals surface area contributed by atoms with E-state index in [-0.39, 0.29) is 17.4 Å². The summed E-state index contributed by atoms with van der Waals surface area (Å²) in [6.45, 7) is 6.49. The van der Waals surface area contributed by atoms with E-state index in [1.54, 1.807) is 21.5 Å². The Morgan fingerprint density at radius 1 is 1.05 bits per heavy atom. The third kappa shape index (κ3) is 5.36. The van der Waals surface area contributed by atoms with E-state index in [9.17, 15) is 13.6 Å². The van der Waals surface area contributed by atoms with E-state index < -0.39 is 6.43 Å². The van der Waals surface area contributed by atoms with Gasteiger partial charge in [0.15, 0.2) is 0 Å². The maximum Gasteiger partial charge on any atom is 0.333 e. The number of halogens is 2. The highest BCUT2D eigenvalue weighted by Crippen LogP contribution is 2.30. The van der Waals surface area contributed by atoms with E-state index in [2.05, 4.69) is 27.0 Å². The van der Waals surface area contributed by atoms with Crippen LogP contribution in [0.25, 0.3) is 33.8 Å². The molecule has 1 N–H and O–H groups in total. The average molecular weight is 570 g/mol. The molecule has 0 radical (unpaired) electrons. The van der Waals surface area contributed by atoms with Crippen LogP contribution in [0.1, 0.15) is 48.9 Å². The summed E-state index contributed by atoms with van der Waals surface area (Å²) in [4.78, 5) is 22.3. The van der Waals surface area contributed by atoms with Gasteiger partial charge in [0.25, 0.3) is 6.43 Å². The lowest BCUT2D eigenvalue weighted by molar-refractivity contribution is 0.145. The fourth-order valence-electron chi connectivity index (χ4n) is 5.95. The Labute approximate surface area is 242 Å². The van der Waals surface area contributed by atoms with Gasteiger partial charge in [-0.15, -0.1) is 0 Å². The highest BCUT2D eigenvalue weighted by atomic mass is 19.3. The highest BCUT2D eigenvalue weighted by Gasteiger charge is 2.25. The number of para-hydroxylation sites is 2. The molecule has 1 aliphatic rings. The van der Waals surface area contributed by atoms with Crippen molar-refractivity contribution in [3.8, 4) is 17.1 Å². The fourth-order valence-corrected chi connectivity index (χ4v) is 5.95. The molecule has 0 spiro atoms. The van der Waals surface area contributed by atoms with Crippen molar-refractivity contribution >= 4 is 16.7 Å². The van der Waals surface area contributed by atoms with Gasteiger partial charge in [0.05, 0.1) is 22.4 Å². The lowest BCUT2D eigenvalue weighted by Gasteiger charge is -2.30. The van der Waals surface area contributed by atoms with Gasteiger partial charge in [0, 0.05) is 49.5 Å². The average Bonchev–Trinajstić information content (AvgIpc) is 3.54. The number of fused-ring (bicyclic) bond motifs is 1. The predicted octanol–water partition coefficient (Wildman–Crippen LogP) is 6.05. The lowest BCUT2D eigenvalue weighted by atomic mass is 9.85. The summed E-state index contributed by atoms with van der Waals surface area (Å²) in [6, 6.07) is 15.3. The molecule has 1 aliphatic carbocycles.